The highest BCUT2D eigenvalue weighted by Crippen LogP contribution is 2.22. The standard InChI is InChI=1S/C11H12N4O2S/c1-2-15-10(8-4-3-5-12-6-8)13-14-11(15)18-7-9(16)17/h3-6H,2,7H2,1H3,(H,16,17). The number of pyridine rings is 1. The van der Waals surface area contributed by atoms with Crippen LogP contribution < -0.4 is 0 Å². The van der Waals surface area contributed by atoms with Crippen LogP contribution in [0.1, 0.15) is 6.92 Å². The van der Waals surface area contributed by atoms with Crippen LogP contribution in [0.15, 0.2) is 29.7 Å². The fourth-order valence-corrected chi connectivity index (χ4v) is 2.24. The van der Waals surface area contributed by atoms with Crippen molar-refractivity contribution in [1.82, 2.24) is 19.7 Å². The van der Waals surface area contributed by atoms with Crippen LogP contribution in [0.25, 0.3) is 11.4 Å². The summed E-state index contributed by atoms with van der Waals surface area (Å²) in [5.74, 6) is -0.183. The molecule has 6 nitrogen and oxygen atoms in total. The highest BCUT2D eigenvalue weighted by Gasteiger charge is 2.13. The fourth-order valence-electron chi connectivity index (χ4n) is 1.52. The van der Waals surface area contributed by atoms with E-state index in [1.165, 1.54) is 0 Å². The maximum Gasteiger partial charge on any atom is 0.313 e. The van der Waals surface area contributed by atoms with Crippen LogP contribution in [0.4, 0.5) is 0 Å². The molecular formula is C11H12N4O2S. The van der Waals surface area contributed by atoms with Crippen molar-refractivity contribution in [2.24, 2.45) is 0 Å². The van der Waals surface area contributed by atoms with Gasteiger partial charge < -0.3 is 9.67 Å². The fraction of sp³-hybridized carbons (Fsp3) is 0.273. The number of carbonyl (C=O) groups is 1. The Morgan fingerprint density at radius 2 is 2.33 bits per heavy atom. The highest BCUT2D eigenvalue weighted by molar-refractivity contribution is 7.99. The van der Waals surface area contributed by atoms with Gasteiger partial charge in [0.2, 0.25) is 0 Å². The number of aromatic nitrogens is 4. The lowest BCUT2D eigenvalue weighted by Crippen LogP contribution is -2.03. The molecule has 7 heteroatoms. The van der Waals surface area contributed by atoms with Crippen molar-refractivity contribution in [2.45, 2.75) is 18.6 Å². The molecule has 2 heterocycles. The molecule has 0 aliphatic rings. The second-order valence-electron chi connectivity index (χ2n) is 3.47. The molecule has 0 aromatic carbocycles. The Morgan fingerprint density at radius 1 is 1.50 bits per heavy atom. The summed E-state index contributed by atoms with van der Waals surface area (Å²) in [5.41, 5.74) is 0.869. The van der Waals surface area contributed by atoms with Gasteiger partial charge in [-0.25, -0.2) is 0 Å². The van der Waals surface area contributed by atoms with Crippen LogP contribution in [-0.2, 0) is 11.3 Å². The lowest BCUT2D eigenvalue weighted by molar-refractivity contribution is -0.133. The summed E-state index contributed by atoms with van der Waals surface area (Å²) < 4.78 is 1.88. The summed E-state index contributed by atoms with van der Waals surface area (Å²) >= 11 is 1.16. The Kier molecular flexibility index (Phi) is 3.93. The topological polar surface area (TPSA) is 80.9 Å². The van der Waals surface area contributed by atoms with Gasteiger partial charge in [0.1, 0.15) is 0 Å². The summed E-state index contributed by atoms with van der Waals surface area (Å²) in [6.45, 7) is 2.65. The minimum absolute atomic E-state index is 0.0226. The largest absolute Gasteiger partial charge is 0.481 e. The van der Waals surface area contributed by atoms with E-state index in [9.17, 15) is 4.79 Å². The van der Waals surface area contributed by atoms with Gasteiger partial charge in [-0.2, -0.15) is 0 Å². The maximum atomic E-state index is 10.6. The zero-order valence-electron chi connectivity index (χ0n) is 9.78. The number of nitrogens with zero attached hydrogens (tertiary/aromatic N) is 4. The first-order valence-corrected chi connectivity index (χ1v) is 6.39. The molecule has 0 bridgehead atoms. The second kappa shape index (κ2) is 5.63. The van der Waals surface area contributed by atoms with Gasteiger partial charge in [0.25, 0.3) is 0 Å². The van der Waals surface area contributed by atoms with Gasteiger partial charge in [0.05, 0.1) is 5.75 Å². The van der Waals surface area contributed by atoms with Gasteiger partial charge in [-0.3, -0.25) is 9.78 Å². The minimum Gasteiger partial charge on any atom is -0.481 e. The van der Waals surface area contributed by atoms with Crippen molar-refractivity contribution in [3.8, 4) is 11.4 Å². The molecule has 2 rings (SSSR count). The van der Waals surface area contributed by atoms with Crippen LogP contribution in [0.5, 0.6) is 0 Å². The van der Waals surface area contributed by atoms with Gasteiger partial charge >= 0.3 is 5.97 Å². The van der Waals surface area contributed by atoms with E-state index in [4.69, 9.17) is 5.11 Å². The summed E-state index contributed by atoms with van der Waals surface area (Å²) in [5, 5.41) is 17.4. The SMILES string of the molecule is CCn1c(SCC(=O)O)nnc1-c1cccnc1. The third-order valence-corrected chi connectivity index (χ3v) is 3.23. The van der Waals surface area contributed by atoms with E-state index >= 15 is 0 Å². The lowest BCUT2D eigenvalue weighted by atomic mass is 10.3. The number of carboxylic acid groups (broad SMARTS) is 1. The van der Waals surface area contributed by atoms with E-state index < -0.39 is 5.97 Å². The van der Waals surface area contributed by atoms with Crippen molar-refractivity contribution >= 4 is 17.7 Å². The van der Waals surface area contributed by atoms with Crippen molar-refractivity contribution in [1.29, 1.82) is 0 Å². The number of hydrogen-bond acceptors (Lipinski definition) is 5. The predicted molar refractivity (Wildman–Crippen MR) is 67.3 cm³/mol. The highest BCUT2D eigenvalue weighted by atomic mass is 32.2. The van der Waals surface area contributed by atoms with Crippen LogP contribution >= 0.6 is 11.8 Å². The molecular weight excluding hydrogens is 252 g/mol. The first kappa shape index (κ1) is 12.6. The molecule has 2 aromatic rings. The first-order chi connectivity index (χ1) is 8.72. The van der Waals surface area contributed by atoms with Gasteiger partial charge in [0.15, 0.2) is 11.0 Å². The second-order valence-corrected chi connectivity index (χ2v) is 4.42. The number of hydrogen-bond donors (Lipinski definition) is 1. The first-order valence-electron chi connectivity index (χ1n) is 5.40. The maximum absolute atomic E-state index is 10.6. The number of aliphatic carboxylic acids is 1. The van der Waals surface area contributed by atoms with Crippen LogP contribution in [0, 0.1) is 0 Å². The molecule has 0 saturated carbocycles. The van der Waals surface area contributed by atoms with Crippen LogP contribution in [0.2, 0.25) is 0 Å². The van der Waals surface area contributed by atoms with Crippen molar-refractivity contribution in [3.63, 3.8) is 0 Å². The zero-order chi connectivity index (χ0) is 13.0. The molecule has 2 aromatic heterocycles. The summed E-state index contributed by atoms with van der Waals surface area (Å²) in [6.07, 6.45) is 3.40. The van der Waals surface area contributed by atoms with E-state index in [-0.39, 0.29) is 5.75 Å². The van der Waals surface area contributed by atoms with E-state index in [0.29, 0.717) is 17.5 Å². The molecule has 0 fully saturated rings. The van der Waals surface area contributed by atoms with Crippen LogP contribution in [-0.4, -0.2) is 36.6 Å². The zero-order valence-corrected chi connectivity index (χ0v) is 10.6. The number of rotatable bonds is 5. The molecule has 0 radical (unpaired) electrons. The van der Waals surface area contributed by atoms with E-state index in [1.807, 2.05) is 23.6 Å². The monoisotopic (exact) mass is 264 g/mol. The molecule has 0 amide bonds. The Hall–Kier alpha value is -1.89. The molecule has 0 saturated heterocycles. The average Bonchev–Trinajstić information content (AvgIpc) is 2.80. The Balaban J connectivity index is 2.30. The lowest BCUT2D eigenvalue weighted by Gasteiger charge is -2.05. The van der Waals surface area contributed by atoms with E-state index in [1.54, 1.807) is 12.4 Å². The molecule has 0 aliphatic carbocycles. The minimum atomic E-state index is -0.867. The summed E-state index contributed by atoms with van der Waals surface area (Å²) in [4.78, 5) is 14.6. The van der Waals surface area contributed by atoms with Gasteiger partial charge in [-0.15, -0.1) is 10.2 Å². The summed E-state index contributed by atoms with van der Waals surface area (Å²) in [7, 11) is 0. The smallest absolute Gasteiger partial charge is 0.313 e. The van der Waals surface area contributed by atoms with Crippen molar-refractivity contribution in [2.75, 3.05) is 5.75 Å². The third-order valence-electron chi connectivity index (χ3n) is 2.28. The van der Waals surface area contributed by atoms with Gasteiger partial charge in [0, 0.05) is 24.5 Å². The number of carboxylic acids is 1. The Morgan fingerprint density at radius 3 is 2.94 bits per heavy atom. The van der Waals surface area contributed by atoms with Crippen molar-refractivity contribution in [3.05, 3.63) is 24.5 Å². The summed E-state index contributed by atoms with van der Waals surface area (Å²) in [6, 6.07) is 3.73. The molecule has 0 spiro atoms. The van der Waals surface area contributed by atoms with Gasteiger partial charge in [-0.05, 0) is 19.1 Å². The molecule has 0 atom stereocenters. The number of thioether (sulfide) groups is 1. The Bertz CT molecular complexity index is 541. The normalized spacial score (nSPS) is 10.5. The van der Waals surface area contributed by atoms with Gasteiger partial charge in [-0.1, -0.05) is 11.8 Å². The molecule has 0 aliphatic heterocycles. The predicted octanol–water partition coefficient (Wildman–Crippen LogP) is 1.54. The molecule has 1 N–H and O–H groups in total. The molecule has 0 unspecified atom stereocenters. The van der Waals surface area contributed by atoms with Crippen LogP contribution in [0.3, 0.4) is 0 Å². The third kappa shape index (κ3) is 2.67. The van der Waals surface area contributed by atoms with E-state index in [2.05, 4.69) is 15.2 Å². The Labute approximate surface area is 108 Å². The quantitative estimate of drug-likeness (QED) is 0.825. The molecule has 18 heavy (non-hydrogen) atoms. The van der Waals surface area contributed by atoms with E-state index in [0.717, 1.165) is 17.3 Å². The average molecular weight is 264 g/mol. The van der Waals surface area contributed by atoms with Crippen molar-refractivity contribution < 1.29 is 9.90 Å². The molecule has 94 valence electrons.